The maximum Gasteiger partial charge on any atom is 0.330 e. The van der Waals surface area contributed by atoms with E-state index in [1.54, 1.807) is 0 Å². The molecule has 0 aromatic heterocycles. The molecule has 0 amide bonds. The summed E-state index contributed by atoms with van der Waals surface area (Å²) in [6.07, 6.45) is 1.12. The number of rotatable bonds is 4. The molecule has 0 atom stereocenters. The minimum Gasteiger partial charge on any atom is -0.478 e. The maximum atomic E-state index is 9.72. The Kier molecular flexibility index (Phi) is 12.4. The third-order valence-corrected chi connectivity index (χ3v) is 1.98. The zero-order valence-electron chi connectivity index (χ0n) is 10.2. The Morgan fingerprint density at radius 3 is 1.42 bits per heavy atom. The number of carboxylic acid groups (broad SMARTS) is 1. The smallest absolute Gasteiger partial charge is 0.330 e. The van der Waals surface area contributed by atoms with Gasteiger partial charge < -0.3 is 5.11 Å². The highest BCUT2D eigenvalue weighted by Gasteiger charge is 1.95. The fraction of sp³-hybridized carbons (Fsp3) is 0.222. The monoisotopic (exact) mass is 316 g/mol. The Bertz CT molecular complexity index is 489. The summed E-state index contributed by atoms with van der Waals surface area (Å²) in [6, 6.07) is 0. The van der Waals surface area contributed by atoms with Crippen molar-refractivity contribution in [2.45, 2.75) is 6.92 Å². The lowest BCUT2D eigenvalue weighted by Gasteiger charge is -1.82. The molecule has 0 unspecified atom stereocenters. The van der Waals surface area contributed by atoms with Crippen LogP contribution >= 0.6 is 0 Å². The first-order chi connectivity index (χ1) is 8.26. The Morgan fingerprint density at radius 2 is 1.42 bits per heavy atom. The molecule has 19 heavy (non-hydrogen) atoms. The molecule has 0 fully saturated rings. The van der Waals surface area contributed by atoms with E-state index in [-0.39, 0.29) is 11.3 Å². The topological polar surface area (TPSA) is 146 Å². The van der Waals surface area contributed by atoms with Gasteiger partial charge in [-0.15, -0.1) is 6.58 Å². The van der Waals surface area contributed by atoms with Crippen LogP contribution in [-0.2, 0) is 25.0 Å². The van der Waals surface area contributed by atoms with Gasteiger partial charge in [0.05, 0.1) is 11.2 Å². The first kappa shape index (κ1) is 22.7. The third-order valence-electron chi connectivity index (χ3n) is 0.904. The van der Waals surface area contributed by atoms with Crippen LogP contribution in [0.25, 0.3) is 0 Å². The van der Waals surface area contributed by atoms with Gasteiger partial charge in [-0.1, -0.05) is 19.2 Å². The number of carbonyl (C=O) groups is 1. The van der Waals surface area contributed by atoms with Crippen molar-refractivity contribution in [2.24, 2.45) is 0 Å². The van der Waals surface area contributed by atoms with E-state index in [1.807, 2.05) is 0 Å². The largest absolute Gasteiger partial charge is 0.478 e. The first-order valence-corrected chi connectivity index (χ1v) is 7.42. The van der Waals surface area contributed by atoms with Crippen molar-refractivity contribution >= 4 is 26.2 Å². The molecule has 0 heterocycles. The van der Waals surface area contributed by atoms with Gasteiger partial charge in [0.25, 0.3) is 20.2 Å². The van der Waals surface area contributed by atoms with Gasteiger partial charge in [-0.05, 0) is 6.92 Å². The average Bonchev–Trinajstić information content (AvgIpc) is 2.16. The normalized spacial score (nSPS) is 9.84. The summed E-state index contributed by atoms with van der Waals surface area (Å²) in [7, 11) is -7.69. The molecular formula is C9H16O8S2. The number of aliphatic carboxylic acids is 1. The second-order valence-corrected chi connectivity index (χ2v) is 5.66. The Hall–Kier alpha value is -1.49. The SMILES string of the molecule is C=C(C)C(=O)O.C=CCS(=O)(=O)O.C=CS(=O)(=O)O. The van der Waals surface area contributed by atoms with Crippen LogP contribution in [0.4, 0.5) is 0 Å². The lowest BCUT2D eigenvalue weighted by Crippen LogP contribution is -1.99. The van der Waals surface area contributed by atoms with Crippen molar-refractivity contribution in [2.75, 3.05) is 5.75 Å². The molecule has 0 radical (unpaired) electrons. The van der Waals surface area contributed by atoms with Crippen LogP contribution in [0.2, 0.25) is 0 Å². The van der Waals surface area contributed by atoms with Crippen molar-refractivity contribution in [3.05, 3.63) is 36.8 Å². The number of carboxylic acids is 1. The van der Waals surface area contributed by atoms with Crippen molar-refractivity contribution in [1.82, 2.24) is 0 Å². The fourth-order valence-corrected chi connectivity index (χ4v) is 0.447. The van der Waals surface area contributed by atoms with Gasteiger partial charge in [0.2, 0.25) is 0 Å². The Labute approximate surface area is 112 Å². The van der Waals surface area contributed by atoms with Crippen LogP contribution in [0.3, 0.4) is 0 Å². The van der Waals surface area contributed by atoms with Crippen LogP contribution in [0, 0.1) is 0 Å². The molecule has 0 aromatic carbocycles. The van der Waals surface area contributed by atoms with Crippen molar-refractivity contribution < 1.29 is 35.8 Å². The van der Waals surface area contributed by atoms with E-state index >= 15 is 0 Å². The minimum absolute atomic E-state index is 0.176. The summed E-state index contributed by atoms with van der Waals surface area (Å²) in [5.74, 6) is -1.30. The van der Waals surface area contributed by atoms with Gasteiger partial charge in [0, 0.05) is 5.57 Å². The first-order valence-electron chi connectivity index (χ1n) is 4.31. The summed E-state index contributed by atoms with van der Waals surface area (Å²) < 4.78 is 53.9. The Balaban J connectivity index is -0.000000203. The van der Waals surface area contributed by atoms with E-state index in [0.29, 0.717) is 5.41 Å². The standard InChI is InChI=1S/C4H6O2.C3H6O3S.C2H4O3S/c1-3(2)4(5)6;1-2-3-7(4,5)6;1-2-6(3,4)5/h1H2,2H3,(H,5,6);2H,1,3H2,(H,4,5,6);2H,1H2,(H,3,4,5). The second-order valence-electron chi connectivity index (χ2n) is 2.80. The van der Waals surface area contributed by atoms with Crippen LogP contribution in [0.1, 0.15) is 6.92 Å². The zero-order valence-corrected chi connectivity index (χ0v) is 11.8. The molecule has 0 aliphatic carbocycles. The molecule has 0 aliphatic heterocycles. The molecule has 0 bridgehead atoms. The van der Waals surface area contributed by atoms with Crippen LogP contribution in [0.5, 0.6) is 0 Å². The molecule has 0 saturated heterocycles. The predicted octanol–water partition coefficient (Wildman–Crippen LogP) is 0.725. The Morgan fingerprint density at radius 1 is 1.16 bits per heavy atom. The molecule has 0 aromatic rings. The predicted molar refractivity (Wildman–Crippen MR) is 70.8 cm³/mol. The summed E-state index contributed by atoms with van der Waals surface area (Å²) in [4.78, 5) is 9.60. The van der Waals surface area contributed by atoms with E-state index in [2.05, 4.69) is 19.7 Å². The van der Waals surface area contributed by atoms with Gasteiger partial charge in [-0.25, -0.2) is 4.79 Å². The summed E-state index contributed by atoms with van der Waals surface area (Å²) in [6.45, 7) is 10.5. The highest BCUT2D eigenvalue weighted by Crippen LogP contribution is 1.81. The van der Waals surface area contributed by atoms with Crippen LogP contribution in [0.15, 0.2) is 36.8 Å². The van der Waals surface area contributed by atoms with Crippen molar-refractivity contribution in [3.8, 4) is 0 Å². The lowest BCUT2D eigenvalue weighted by molar-refractivity contribution is -0.132. The van der Waals surface area contributed by atoms with Gasteiger partial charge in [-0.3, -0.25) is 9.11 Å². The number of hydrogen-bond donors (Lipinski definition) is 3. The molecule has 0 aliphatic rings. The second kappa shape index (κ2) is 10.4. The minimum atomic E-state index is -3.90. The van der Waals surface area contributed by atoms with Crippen LogP contribution in [-0.4, -0.2) is 42.8 Å². The van der Waals surface area contributed by atoms with Crippen molar-refractivity contribution in [1.29, 1.82) is 0 Å². The van der Waals surface area contributed by atoms with Gasteiger partial charge in [-0.2, -0.15) is 16.8 Å². The van der Waals surface area contributed by atoms with E-state index in [0.717, 1.165) is 6.08 Å². The summed E-state index contributed by atoms with van der Waals surface area (Å²) in [5, 5.41) is 8.36. The van der Waals surface area contributed by atoms with Crippen molar-refractivity contribution in [3.63, 3.8) is 0 Å². The molecule has 3 N–H and O–H groups in total. The van der Waals surface area contributed by atoms with E-state index in [9.17, 15) is 21.6 Å². The molecule has 112 valence electrons. The lowest BCUT2D eigenvalue weighted by atomic mass is 10.4. The van der Waals surface area contributed by atoms with E-state index in [1.165, 1.54) is 6.92 Å². The van der Waals surface area contributed by atoms with E-state index < -0.39 is 26.2 Å². The van der Waals surface area contributed by atoms with Gasteiger partial charge >= 0.3 is 5.97 Å². The summed E-state index contributed by atoms with van der Waals surface area (Å²) in [5.41, 5.74) is 0.176. The summed E-state index contributed by atoms with van der Waals surface area (Å²) >= 11 is 0. The highest BCUT2D eigenvalue weighted by molar-refractivity contribution is 7.88. The number of hydrogen-bond acceptors (Lipinski definition) is 5. The van der Waals surface area contributed by atoms with Gasteiger partial charge in [0.15, 0.2) is 0 Å². The molecule has 8 nitrogen and oxygen atoms in total. The molecule has 0 saturated carbocycles. The van der Waals surface area contributed by atoms with Crippen LogP contribution < -0.4 is 0 Å². The molecular weight excluding hydrogens is 300 g/mol. The molecule has 0 rings (SSSR count). The molecule has 0 spiro atoms. The zero-order chi connectivity index (χ0) is 16.3. The van der Waals surface area contributed by atoms with E-state index in [4.69, 9.17) is 14.2 Å². The maximum absolute atomic E-state index is 9.72. The quantitative estimate of drug-likeness (QED) is 0.390. The third kappa shape index (κ3) is 38.4. The fourth-order valence-electron chi connectivity index (χ4n) is 0.149. The molecule has 10 heteroatoms. The average molecular weight is 316 g/mol. The highest BCUT2D eigenvalue weighted by atomic mass is 32.2. The van der Waals surface area contributed by atoms with Gasteiger partial charge in [0.1, 0.15) is 0 Å².